The van der Waals surface area contributed by atoms with E-state index in [2.05, 4.69) is 4.90 Å². The van der Waals surface area contributed by atoms with Crippen LogP contribution in [-0.2, 0) is 31.2 Å². The lowest BCUT2D eigenvalue weighted by atomic mass is 10.1. The largest absolute Gasteiger partial charge is 0.460 e. The first-order chi connectivity index (χ1) is 20.5. The first kappa shape index (κ1) is 30.6. The molecule has 0 N–H and O–H groups in total. The van der Waals surface area contributed by atoms with Crippen molar-refractivity contribution in [3.8, 4) is 0 Å². The molecule has 0 amide bonds. The van der Waals surface area contributed by atoms with E-state index in [-0.39, 0.29) is 23.8 Å². The Balaban J connectivity index is 1.46. The van der Waals surface area contributed by atoms with Gasteiger partial charge in [0.1, 0.15) is 5.58 Å². The SMILES string of the molecule is CCOC(=O)c1oc2ccc(S(=O)(=O)N(CCc3ccccc3)c3ccc(N4CCN(S(C)(=O)=O)CC4)cc3)cc2c1C. The second kappa shape index (κ2) is 12.4. The van der Waals surface area contributed by atoms with Crippen molar-refractivity contribution in [1.82, 2.24) is 4.31 Å². The average Bonchev–Trinajstić information content (AvgIpc) is 3.33. The molecular formula is C31H35N3O7S2. The zero-order valence-electron chi connectivity index (χ0n) is 24.4. The number of ether oxygens (including phenoxy) is 1. The van der Waals surface area contributed by atoms with Crippen molar-refractivity contribution in [2.45, 2.75) is 25.2 Å². The first-order valence-electron chi connectivity index (χ1n) is 14.1. The van der Waals surface area contributed by atoms with Gasteiger partial charge in [0.05, 0.1) is 23.4 Å². The summed E-state index contributed by atoms with van der Waals surface area (Å²) in [7, 11) is -7.27. The summed E-state index contributed by atoms with van der Waals surface area (Å²) in [6.07, 6.45) is 1.71. The fourth-order valence-corrected chi connectivity index (χ4v) is 7.57. The maximum atomic E-state index is 14.2. The van der Waals surface area contributed by atoms with Gasteiger partial charge >= 0.3 is 5.97 Å². The maximum absolute atomic E-state index is 14.2. The molecule has 1 fully saturated rings. The highest BCUT2D eigenvalue weighted by molar-refractivity contribution is 7.92. The van der Waals surface area contributed by atoms with Gasteiger partial charge < -0.3 is 14.1 Å². The third kappa shape index (κ3) is 6.56. The van der Waals surface area contributed by atoms with Gasteiger partial charge in [-0.05, 0) is 68.3 Å². The number of nitrogens with zero attached hydrogens (tertiary/aromatic N) is 3. The van der Waals surface area contributed by atoms with Crippen molar-refractivity contribution in [3.63, 3.8) is 0 Å². The van der Waals surface area contributed by atoms with Gasteiger partial charge in [-0.1, -0.05) is 30.3 Å². The van der Waals surface area contributed by atoms with Crippen LogP contribution in [0.25, 0.3) is 11.0 Å². The highest BCUT2D eigenvalue weighted by atomic mass is 32.2. The van der Waals surface area contributed by atoms with Crippen LogP contribution >= 0.6 is 0 Å². The molecule has 0 bridgehead atoms. The van der Waals surface area contributed by atoms with E-state index < -0.39 is 26.0 Å². The lowest BCUT2D eigenvalue weighted by Crippen LogP contribution is -2.48. The third-order valence-electron chi connectivity index (χ3n) is 7.61. The summed E-state index contributed by atoms with van der Waals surface area (Å²) in [6, 6.07) is 21.6. The lowest BCUT2D eigenvalue weighted by molar-refractivity contribution is 0.0491. The third-order valence-corrected chi connectivity index (χ3v) is 10.7. The minimum absolute atomic E-state index is 0.0558. The fourth-order valence-electron chi connectivity index (χ4n) is 5.25. The minimum atomic E-state index is -4.03. The summed E-state index contributed by atoms with van der Waals surface area (Å²) >= 11 is 0. The van der Waals surface area contributed by atoms with E-state index in [1.165, 1.54) is 27.0 Å². The van der Waals surface area contributed by atoms with E-state index in [0.29, 0.717) is 54.8 Å². The number of aryl methyl sites for hydroxylation is 1. The number of carbonyl (C=O) groups is 1. The van der Waals surface area contributed by atoms with Gasteiger partial charge in [0, 0.05) is 49.4 Å². The smallest absolute Gasteiger partial charge is 0.374 e. The van der Waals surface area contributed by atoms with Crippen molar-refractivity contribution >= 4 is 48.4 Å². The van der Waals surface area contributed by atoms with Crippen LogP contribution in [0.1, 0.15) is 28.6 Å². The van der Waals surface area contributed by atoms with E-state index in [1.807, 2.05) is 42.5 Å². The Hall–Kier alpha value is -3.87. The van der Waals surface area contributed by atoms with Crippen molar-refractivity contribution in [1.29, 1.82) is 0 Å². The van der Waals surface area contributed by atoms with Crippen molar-refractivity contribution in [3.05, 3.63) is 89.7 Å². The highest BCUT2D eigenvalue weighted by Gasteiger charge is 2.28. The molecule has 0 atom stereocenters. The topological polar surface area (TPSA) is 117 Å². The van der Waals surface area contributed by atoms with Crippen LogP contribution in [0.2, 0.25) is 0 Å². The summed E-state index contributed by atoms with van der Waals surface area (Å²) in [4.78, 5) is 14.5. The summed E-state index contributed by atoms with van der Waals surface area (Å²) in [5.41, 5.74) is 3.31. The van der Waals surface area contributed by atoms with Crippen LogP contribution in [0.15, 0.2) is 82.1 Å². The monoisotopic (exact) mass is 625 g/mol. The summed E-state index contributed by atoms with van der Waals surface area (Å²) in [5, 5.41) is 0.524. The van der Waals surface area contributed by atoms with Gasteiger partial charge in [0.2, 0.25) is 15.8 Å². The molecule has 0 saturated carbocycles. The summed E-state index contributed by atoms with van der Waals surface area (Å²) in [5.74, 6) is -0.539. The van der Waals surface area contributed by atoms with E-state index >= 15 is 0 Å². The standard InChI is InChI=1S/C31H35N3O7S2/c1-4-40-31(35)30-23(2)28-22-27(14-15-29(28)41-30)43(38,39)34(17-16-24-8-6-5-7-9-24)26-12-10-25(11-13-26)32-18-20-33(21-19-32)42(3,36)37/h5-15,22H,4,16-21H2,1-3H3. The van der Waals surface area contributed by atoms with Crippen molar-refractivity contribution in [2.75, 3.05) is 54.8 Å². The van der Waals surface area contributed by atoms with E-state index in [1.54, 1.807) is 32.0 Å². The Morgan fingerprint density at radius 2 is 1.60 bits per heavy atom. The predicted molar refractivity (Wildman–Crippen MR) is 167 cm³/mol. The number of hydrogen-bond donors (Lipinski definition) is 0. The normalized spacial score (nSPS) is 14.6. The quantitative estimate of drug-likeness (QED) is 0.238. The molecule has 0 radical (unpaired) electrons. The van der Waals surface area contributed by atoms with Gasteiger partial charge in [-0.2, -0.15) is 4.31 Å². The number of sulfonamides is 2. The molecule has 0 spiro atoms. The van der Waals surface area contributed by atoms with E-state index in [9.17, 15) is 21.6 Å². The van der Waals surface area contributed by atoms with E-state index in [0.717, 1.165) is 11.3 Å². The molecule has 5 rings (SSSR count). The Bertz CT molecular complexity index is 1810. The lowest BCUT2D eigenvalue weighted by Gasteiger charge is -2.35. The van der Waals surface area contributed by atoms with E-state index in [4.69, 9.17) is 9.15 Å². The van der Waals surface area contributed by atoms with Gasteiger partial charge in [-0.25, -0.2) is 21.6 Å². The highest BCUT2D eigenvalue weighted by Crippen LogP contribution is 2.32. The number of hydrogen-bond acceptors (Lipinski definition) is 8. The second-order valence-electron chi connectivity index (χ2n) is 10.4. The van der Waals surface area contributed by atoms with Crippen LogP contribution in [0, 0.1) is 6.92 Å². The molecule has 0 aliphatic carbocycles. The Labute approximate surface area is 252 Å². The molecule has 1 aliphatic rings. The number of furan rings is 1. The number of carbonyl (C=O) groups excluding carboxylic acids is 1. The van der Waals surface area contributed by atoms with Gasteiger partial charge in [-0.15, -0.1) is 0 Å². The maximum Gasteiger partial charge on any atom is 0.374 e. The molecule has 4 aromatic rings. The van der Waals surface area contributed by atoms with Crippen LogP contribution in [0.3, 0.4) is 0 Å². The average molecular weight is 626 g/mol. The number of rotatable bonds is 10. The number of fused-ring (bicyclic) bond motifs is 1. The number of esters is 1. The number of piperazine rings is 1. The van der Waals surface area contributed by atoms with Crippen LogP contribution in [0.5, 0.6) is 0 Å². The summed E-state index contributed by atoms with van der Waals surface area (Å²) < 4.78 is 65.8. The Morgan fingerprint density at radius 1 is 0.930 bits per heavy atom. The number of benzene rings is 3. The molecule has 3 aromatic carbocycles. The number of anilines is 2. The van der Waals surface area contributed by atoms with Crippen molar-refractivity contribution < 1.29 is 30.8 Å². The zero-order chi connectivity index (χ0) is 30.8. The van der Waals surface area contributed by atoms with Gasteiger partial charge in [-0.3, -0.25) is 4.31 Å². The molecule has 10 nitrogen and oxygen atoms in total. The van der Waals surface area contributed by atoms with Crippen molar-refractivity contribution in [2.24, 2.45) is 0 Å². The molecule has 228 valence electrons. The molecule has 12 heteroatoms. The van der Waals surface area contributed by atoms with Gasteiger partial charge in [0.15, 0.2) is 0 Å². The van der Waals surface area contributed by atoms with Gasteiger partial charge in [0.25, 0.3) is 10.0 Å². The zero-order valence-corrected chi connectivity index (χ0v) is 26.0. The Kier molecular flexibility index (Phi) is 8.81. The fraction of sp³-hybridized carbons (Fsp3) is 0.323. The Morgan fingerprint density at radius 3 is 2.23 bits per heavy atom. The van der Waals surface area contributed by atoms with Crippen LogP contribution in [-0.4, -0.2) is 72.7 Å². The first-order valence-corrected chi connectivity index (χ1v) is 17.3. The molecule has 43 heavy (non-hydrogen) atoms. The predicted octanol–water partition coefficient (Wildman–Crippen LogP) is 4.44. The molecular weight excluding hydrogens is 590 g/mol. The molecule has 2 heterocycles. The second-order valence-corrected chi connectivity index (χ2v) is 14.3. The molecule has 1 saturated heterocycles. The van der Waals surface area contributed by atoms with Crippen LogP contribution in [0.4, 0.5) is 11.4 Å². The molecule has 1 aliphatic heterocycles. The van der Waals surface area contributed by atoms with Crippen LogP contribution < -0.4 is 9.21 Å². The minimum Gasteiger partial charge on any atom is -0.460 e. The summed E-state index contributed by atoms with van der Waals surface area (Å²) in [6.45, 7) is 5.68. The molecule has 1 aromatic heterocycles. The molecule has 0 unspecified atom stereocenters.